The van der Waals surface area contributed by atoms with Gasteiger partial charge in [0.2, 0.25) is 0 Å². The summed E-state index contributed by atoms with van der Waals surface area (Å²) >= 11 is 0. The van der Waals surface area contributed by atoms with Gasteiger partial charge < -0.3 is 5.32 Å². The van der Waals surface area contributed by atoms with Gasteiger partial charge in [0, 0.05) is 5.54 Å². The van der Waals surface area contributed by atoms with E-state index in [1.165, 1.54) is 5.56 Å². The molecule has 0 aliphatic carbocycles. The summed E-state index contributed by atoms with van der Waals surface area (Å²) in [7, 11) is 0. The molecule has 2 rings (SSSR count). The average Bonchev–Trinajstić information content (AvgIpc) is 2.58. The number of nitrogens with zero attached hydrogens (tertiary/aromatic N) is 1. The SMILES string of the molecule is Cc1ccc(C2N=C(NC(C)(C)C)NC2=O)cc1. The highest BCUT2D eigenvalue weighted by atomic mass is 16.2. The van der Waals surface area contributed by atoms with Crippen LogP contribution < -0.4 is 10.6 Å². The van der Waals surface area contributed by atoms with Crippen LogP contribution in [0.2, 0.25) is 0 Å². The number of carbonyl (C=O) groups excluding carboxylic acids is 1. The number of benzene rings is 1. The Kier molecular flexibility index (Phi) is 3.11. The Balaban J connectivity index is 2.19. The van der Waals surface area contributed by atoms with E-state index < -0.39 is 6.04 Å². The number of aliphatic imine (C=N–C) groups is 1. The summed E-state index contributed by atoms with van der Waals surface area (Å²) in [6.07, 6.45) is 0. The van der Waals surface area contributed by atoms with Gasteiger partial charge >= 0.3 is 0 Å². The molecule has 18 heavy (non-hydrogen) atoms. The third-order valence-corrected chi connectivity index (χ3v) is 2.63. The van der Waals surface area contributed by atoms with Crippen LogP contribution in [0.1, 0.15) is 37.9 Å². The van der Waals surface area contributed by atoms with E-state index >= 15 is 0 Å². The second-order valence-corrected chi connectivity index (χ2v) is 5.66. The predicted octanol–water partition coefficient (Wildman–Crippen LogP) is 1.91. The molecule has 1 unspecified atom stereocenters. The van der Waals surface area contributed by atoms with Crippen molar-refractivity contribution in [2.24, 2.45) is 4.99 Å². The first-order valence-electron chi connectivity index (χ1n) is 6.08. The van der Waals surface area contributed by atoms with Crippen LogP contribution in [-0.2, 0) is 4.79 Å². The maximum Gasteiger partial charge on any atom is 0.256 e. The lowest BCUT2D eigenvalue weighted by molar-refractivity contribution is -0.120. The van der Waals surface area contributed by atoms with Crippen molar-refractivity contribution in [1.82, 2.24) is 10.6 Å². The second kappa shape index (κ2) is 4.44. The van der Waals surface area contributed by atoms with Crippen molar-refractivity contribution in [2.45, 2.75) is 39.3 Å². The zero-order chi connectivity index (χ0) is 13.3. The molecule has 0 radical (unpaired) electrons. The van der Waals surface area contributed by atoms with Crippen LogP contribution in [-0.4, -0.2) is 17.4 Å². The van der Waals surface area contributed by atoms with Gasteiger partial charge in [-0.15, -0.1) is 0 Å². The minimum Gasteiger partial charge on any atom is -0.351 e. The van der Waals surface area contributed by atoms with E-state index in [9.17, 15) is 4.79 Å². The minimum absolute atomic E-state index is 0.0781. The van der Waals surface area contributed by atoms with Crippen LogP contribution in [0.15, 0.2) is 29.3 Å². The van der Waals surface area contributed by atoms with Crippen molar-refractivity contribution in [2.75, 3.05) is 0 Å². The fraction of sp³-hybridized carbons (Fsp3) is 0.429. The third kappa shape index (κ3) is 2.88. The van der Waals surface area contributed by atoms with Crippen LogP contribution in [0.4, 0.5) is 0 Å². The van der Waals surface area contributed by atoms with Crippen LogP contribution in [0.5, 0.6) is 0 Å². The van der Waals surface area contributed by atoms with Crippen LogP contribution >= 0.6 is 0 Å². The standard InChI is InChI=1S/C14H19N3O/c1-9-5-7-10(8-6-9)11-12(18)16-13(15-11)17-14(2,3)4/h5-8,11H,1-4H3,(H2,15,16,17,18). The topological polar surface area (TPSA) is 53.5 Å². The monoisotopic (exact) mass is 245 g/mol. The van der Waals surface area contributed by atoms with E-state index in [2.05, 4.69) is 15.6 Å². The van der Waals surface area contributed by atoms with Crippen molar-refractivity contribution in [3.05, 3.63) is 35.4 Å². The molecule has 1 aliphatic heterocycles. The number of hydrogen-bond donors (Lipinski definition) is 2. The summed E-state index contributed by atoms with van der Waals surface area (Å²) in [5, 5.41) is 5.95. The largest absolute Gasteiger partial charge is 0.351 e. The Bertz CT molecular complexity index is 483. The quantitative estimate of drug-likeness (QED) is 0.794. The molecule has 2 N–H and O–H groups in total. The number of rotatable bonds is 1. The Labute approximate surface area is 108 Å². The van der Waals surface area contributed by atoms with Gasteiger partial charge in [0.1, 0.15) is 0 Å². The summed E-state index contributed by atoms with van der Waals surface area (Å²) < 4.78 is 0. The highest BCUT2D eigenvalue weighted by Crippen LogP contribution is 2.21. The van der Waals surface area contributed by atoms with E-state index in [1.807, 2.05) is 52.0 Å². The first-order valence-corrected chi connectivity index (χ1v) is 6.08. The van der Waals surface area contributed by atoms with Crippen molar-refractivity contribution >= 4 is 11.9 Å². The normalized spacial score (nSPS) is 19.4. The molecule has 0 aromatic heterocycles. The van der Waals surface area contributed by atoms with Gasteiger partial charge in [-0.25, -0.2) is 4.99 Å². The number of amides is 1. The fourth-order valence-electron chi connectivity index (χ4n) is 1.80. The number of guanidine groups is 1. The van der Waals surface area contributed by atoms with E-state index in [0.717, 1.165) is 5.56 Å². The van der Waals surface area contributed by atoms with Crippen molar-refractivity contribution in [3.63, 3.8) is 0 Å². The molecule has 96 valence electrons. The summed E-state index contributed by atoms with van der Waals surface area (Å²) in [5.74, 6) is 0.476. The molecule has 0 bridgehead atoms. The van der Waals surface area contributed by atoms with E-state index in [1.54, 1.807) is 0 Å². The van der Waals surface area contributed by atoms with Crippen molar-refractivity contribution in [3.8, 4) is 0 Å². The molecule has 0 saturated carbocycles. The number of carbonyl (C=O) groups is 1. The summed E-state index contributed by atoms with van der Waals surface area (Å²) in [4.78, 5) is 16.3. The van der Waals surface area contributed by atoms with Gasteiger partial charge in [0.05, 0.1) is 0 Å². The van der Waals surface area contributed by atoms with Crippen LogP contribution in [0, 0.1) is 6.92 Å². The summed E-state index contributed by atoms with van der Waals surface area (Å²) in [5.41, 5.74) is 1.98. The maximum absolute atomic E-state index is 11.9. The fourth-order valence-corrected chi connectivity index (χ4v) is 1.80. The minimum atomic E-state index is -0.435. The maximum atomic E-state index is 11.9. The predicted molar refractivity (Wildman–Crippen MR) is 72.4 cm³/mol. The molecule has 1 heterocycles. The van der Waals surface area contributed by atoms with Gasteiger partial charge in [-0.3, -0.25) is 10.1 Å². The number of hydrogen-bond acceptors (Lipinski definition) is 3. The Hall–Kier alpha value is -1.84. The van der Waals surface area contributed by atoms with Gasteiger partial charge in [-0.1, -0.05) is 29.8 Å². The lowest BCUT2D eigenvalue weighted by Gasteiger charge is -2.21. The smallest absolute Gasteiger partial charge is 0.256 e. The Morgan fingerprint density at radius 1 is 1.22 bits per heavy atom. The van der Waals surface area contributed by atoms with Gasteiger partial charge in [-0.2, -0.15) is 0 Å². The first kappa shape index (κ1) is 12.6. The number of aryl methyl sites for hydroxylation is 1. The molecule has 1 aliphatic rings. The summed E-state index contributed by atoms with van der Waals surface area (Å²) in [6, 6.07) is 7.45. The van der Waals surface area contributed by atoms with E-state index in [0.29, 0.717) is 5.96 Å². The second-order valence-electron chi connectivity index (χ2n) is 5.66. The lowest BCUT2D eigenvalue weighted by atomic mass is 10.1. The Morgan fingerprint density at radius 2 is 1.83 bits per heavy atom. The van der Waals surface area contributed by atoms with Crippen LogP contribution in [0.25, 0.3) is 0 Å². The Morgan fingerprint density at radius 3 is 2.39 bits per heavy atom. The molecule has 4 heteroatoms. The highest BCUT2D eigenvalue weighted by molar-refractivity contribution is 6.05. The highest BCUT2D eigenvalue weighted by Gasteiger charge is 2.29. The molecule has 0 spiro atoms. The molecule has 1 aromatic carbocycles. The zero-order valence-corrected chi connectivity index (χ0v) is 11.2. The van der Waals surface area contributed by atoms with E-state index in [4.69, 9.17) is 0 Å². The summed E-state index contributed by atoms with van der Waals surface area (Å²) in [6.45, 7) is 8.11. The molecule has 1 atom stereocenters. The van der Waals surface area contributed by atoms with Crippen LogP contribution in [0.3, 0.4) is 0 Å². The van der Waals surface area contributed by atoms with Gasteiger partial charge in [0.25, 0.3) is 5.91 Å². The average molecular weight is 245 g/mol. The lowest BCUT2D eigenvalue weighted by Crippen LogP contribution is -2.46. The molecule has 0 fully saturated rings. The molecular weight excluding hydrogens is 226 g/mol. The molecule has 0 saturated heterocycles. The van der Waals surface area contributed by atoms with Crippen molar-refractivity contribution in [1.29, 1.82) is 0 Å². The molecule has 4 nitrogen and oxygen atoms in total. The first-order chi connectivity index (χ1) is 8.35. The zero-order valence-electron chi connectivity index (χ0n) is 11.2. The molecule has 1 aromatic rings. The number of nitrogens with one attached hydrogen (secondary N) is 2. The van der Waals surface area contributed by atoms with E-state index in [-0.39, 0.29) is 11.4 Å². The molecular formula is C14H19N3O. The third-order valence-electron chi connectivity index (χ3n) is 2.63. The van der Waals surface area contributed by atoms with Gasteiger partial charge in [-0.05, 0) is 33.3 Å². The van der Waals surface area contributed by atoms with Gasteiger partial charge in [0.15, 0.2) is 12.0 Å². The molecule has 1 amide bonds. The van der Waals surface area contributed by atoms with Crippen molar-refractivity contribution < 1.29 is 4.79 Å².